The summed E-state index contributed by atoms with van der Waals surface area (Å²) in [5, 5.41) is 38.0. The van der Waals surface area contributed by atoms with Crippen molar-refractivity contribution >= 4 is 9.84 Å². The molecule has 0 aromatic rings. The fourth-order valence-corrected chi connectivity index (χ4v) is 4.02. The van der Waals surface area contributed by atoms with Gasteiger partial charge in [0.25, 0.3) is 0 Å². The summed E-state index contributed by atoms with van der Waals surface area (Å²) in [7, 11) is -3.80. The van der Waals surface area contributed by atoms with Gasteiger partial charge in [0.1, 0.15) is 24.4 Å². The molecule has 1 saturated heterocycles. The Morgan fingerprint density at radius 3 is 2.14 bits per heavy atom. The maximum absolute atomic E-state index is 12.2. The third-order valence-electron chi connectivity index (χ3n) is 3.59. The van der Waals surface area contributed by atoms with Gasteiger partial charge in [-0.15, -0.1) is 0 Å². The van der Waals surface area contributed by atoms with Crippen LogP contribution in [0.5, 0.6) is 0 Å². The molecule has 0 amide bonds. The van der Waals surface area contributed by atoms with Crippen LogP contribution in [0.15, 0.2) is 0 Å². The molecule has 1 aliphatic rings. The number of nitrogens with two attached hydrogens (primary N) is 1. The lowest BCUT2D eigenvalue weighted by atomic mass is 10.0. The van der Waals surface area contributed by atoms with Gasteiger partial charge in [-0.25, -0.2) is 8.42 Å². The van der Waals surface area contributed by atoms with Crippen molar-refractivity contribution in [3.8, 4) is 0 Å². The molecule has 126 valence electrons. The number of hydrogen-bond donors (Lipinski definition) is 5. The van der Waals surface area contributed by atoms with Crippen molar-refractivity contribution in [3.63, 3.8) is 0 Å². The van der Waals surface area contributed by atoms with E-state index in [2.05, 4.69) is 0 Å². The second kappa shape index (κ2) is 8.37. The Morgan fingerprint density at radius 1 is 0.952 bits per heavy atom. The van der Waals surface area contributed by atoms with Gasteiger partial charge in [-0.1, -0.05) is 12.8 Å². The third kappa shape index (κ3) is 4.85. The van der Waals surface area contributed by atoms with Crippen molar-refractivity contribution in [1.29, 1.82) is 0 Å². The topological polar surface area (TPSA) is 150 Å². The van der Waals surface area contributed by atoms with Crippen LogP contribution in [0.2, 0.25) is 0 Å². The average molecular weight is 327 g/mol. The largest absolute Gasteiger partial charge is 0.394 e. The van der Waals surface area contributed by atoms with Crippen LogP contribution >= 0.6 is 0 Å². The number of sulfone groups is 1. The summed E-state index contributed by atoms with van der Waals surface area (Å²) in [6.07, 6.45) is -3.45. The van der Waals surface area contributed by atoms with E-state index in [4.69, 9.17) is 15.6 Å². The fraction of sp³-hybridized carbons (Fsp3) is 1.00. The summed E-state index contributed by atoms with van der Waals surface area (Å²) in [6, 6.07) is 0. The fourth-order valence-electron chi connectivity index (χ4n) is 2.28. The van der Waals surface area contributed by atoms with Crippen molar-refractivity contribution in [2.24, 2.45) is 5.73 Å². The molecular weight excluding hydrogens is 302 g/mol. The summed E-state index contributed by atoms with van der Waals surface area (Å²) >= 11 is 0. The zero-order chi connectivity index (χ0) is 16.0. The van der Waals surface area contributed by atoms with Crippen LogP contribution in [0, 0.1) is 0 Å². The lowest BCUT2D eigenvalue weighted by Crippen LogP contribution is -2.60. The highest BCUT2D eigenvalue weighted by Crippen LogP contribution is 2.25. The highest BCUT2D eigenvalue weighted by Gasteiger charge is 2.48. The van der Waals surface area contributed by atoms with Crippen LogP contribution in [0.4, 0.5) is 0 Å². The van der Waals surface area contributed by atoms with E-state index >= 15 is 0 Å². The lowest BCUT2D eigenvalue weighted by molar-refractivity contribution is -0.207. The van der Waals surface area contributed by atoms with Gasteiger partial charge < -0.3 is 30.9 Å². The van der Waals surface area contributed by atoms with Crippen LogP contribution in [0.1, 0.15) is 25.7 Å². The van der Waals surface area contributed by atoms with Crippen molar-refractivity contribution < 1.29 is 33.6 Å². The van der Waals surface area contributed by atoms with Crippen LogP contribution in [0.25, 0.3) is 0 Å². The molecule has 0 aromatic heterocycles. The van der Waals surface area contributed by atoms with Gasteiger partial charge in [0.05, 0.1) is 12.4 Å². The quantitative estimate of drug-likeness (QED) is 0.313. The highest BCUT2D eigenvalue weighted by atomic mass is 32.2. The molecule has 1 rings (SSSR count). The van der Waals surface area contributed by atoms with E-state index in [0.717, 1.165) is 12.8 Å². The number of unbranched alkanes of at least 4 members (excludes halogenated alkanes) is 3. The molecule has 21 heavy (non-hydrogen) atoms. The first-order chi connectivity index (χ1) is 9.85. The summed E-state index contributed by atoms with van der Waals surface area (Å²) < 4.78 is 29.4. The number of hydrogen-bond acceptors (Lipinski definition) is 8. The summed E-state index contributed by atoms with van der Waals surface area (Å²) in [5.41, 5.74) is 3.71. The van der Waals surface area contributed by atoms with Gasteiger partial charge in [0.15, 0.2) is 15.3 Å². The van der Waals surface area contributed by atoms with Crippen LogP contribution in [-0.4, -0.2) is 77.6 Å². The molecule has 0 spiro atoms. The molecule has 8 nitrogen and oxygen atoms in total. The minimum absolute atomic E-state index is 0.194. The smallest absolute Gasteiger partial charge is 0.187 e. The molecule has 0 aromatic carbocycles. The van der Waals surface area contributed by atoms with E-state index in [1.165, 1.54) is 0 Å². The van der Waals surface area contributed by atoms with Crippen molar-refractivity contribution in [3.05, 3.63) is 0 Å². The minimum atomic E-state index is -3.80. The van der Waals surface area contributed by atoms with Gasteiger partial charge in [-0.05, 0) is 19.4 Å². The molecule has 1 heterocycles. The molecule has 0 unspecified atom stereocenters. The molecule has 0 saturated carbocycles. The average Bonchev–Trinajstić information content (AvgIpc) is 2.44. The molecule has 1 aliphatic heterocycles. The molecule has 0 radical (unpaired) electrons. The first-order valence-corrected chi connectivity index (χ1v) is 8.79. The monoisotopic (exact) mass is 327 g/mol. The van der Waals surface area contributed by atoms with Crippen molar-refractivity contribution in [2.45, 2.75) is 55.5 Å². The van der Waals surface area contributed by atoms with E-state index in [0.29, 0.717) is 19.4 Å². The molecule has 9 heteroatoms. The minimum Gasteiger partial charge on any atom is -0.394 e. The first-order valence-electron chi connectivity index (χ1n) is 7.07. The molecule has 0 bridgehead atoms. The second-order valence-electron chi connectivity index (χ2n) is 5.27. The van der Waals surface area contributed by atoms with Crippen LogP contribution < -0.4 is 5.73 Å². The zero-order valence-electron chi connectivity index (χ0n) is 11.8. The zero-order valence-corrected chi connectivity index (χ0v) is 12.7. The van der Waals surface area contributed by atoms with Gasteiger partial charge >= 0.3 is 0 Å². The Labute approximate surface area is 124 Å². The molecule has 6 N–H and O–H groups in total. The molecule has 5 atom stereocenters. The number of rotatable bonds is 8. The predicted molar refractivity (Wildman–Crippen MR) is 75.1 cm³/mol. The summed E-state index contributed by atoms with van der Waals surface area (Å²) in [6.45, 7) is -0.0903. The lowest BCUT2D eigenvalue weighted by Gasteiger charge is -2.39. The van der Waals surface area contributed by atoms with E-state index < -0.39 is 46.3 Å². The Balaban J connectivity index is 2.63. The maximum Gasteiger partial charge on any atom is 0.187 e. The van der Waals surface area contributed by atoms with Crippen LogP contribution in [0.3, 0.4) is 0 Å². The van der Waals surface area contributed by atoms with Crippen molar-refractivity contribution in [2.75, 3.05) is 18.9 Å². The maximum atomic E-state index is 12.2. The summed E-state index contributed by atoms with van der Waals surface area (Å²) in [4.78, 5) is 0. The van der Waals surface area contributed by atoms with Gasteiger partial charge in [-0.3, -0.25) is 0 Å². The van der Waals surface area contributed by atoms with Crippen molar-refractivity contribution in [1.82, 2.24) is 0 Å². The van der Waals surface area contributed by atoms with Gasteiger partial charge in [0, 0.05) is 0 Å². The van der Waals surface area contributed by atoms with E-state index in [-0.39, 0.29) is 5.75 Å². The second-order valence-corrected chi connectivity index (χ2v) is 7.47. The Morgan fingerprint density at radius 2 is 1.57 bits per heavy atom. The number of aliphatic hydroxyl groups excluding tert-OH is 4. The normalized spacial score (nSPS) is 34.0. The number of aliphatic hydroxyl groups is 4. The van der Waals surface area contributed by atoms with Gasteiger partial charge in [-0.2, -0.15) is 0 Å². The standard InChI is InChI=1S/C12H25NO7S/c13-5-3-1-2-4-6-21(18,19)12-11(17)10(16)9(15)8(7-14)20-12/h8-12,14-17H,1-7,13H2/t8-,9-,10+,11+,12-/m1/s1. The van der Waals surface area contributed by atoms with Crippen LogP contribution in [-0.2, 0) is 14.6 Å². The molecular formula is C12H25NO7S. The van der Waals surface area contributed by atoms with E-state index in [1.54, 1.807) is 0 Å². The Bertz CT molecular complexity index is 400. The Hall–Kier alpha value is -0.290. The third-order valence-corrected chi connectivity index (χ3v) is 5.54. The molecule has 0 aliphatic carbocycles. The Kier molecular flexibility index (Phi) is 7.48. The van der Waals surface area contributed by atoms with Gasteiger partial charge in [0.2, 0.25) is 0 Å². The molecule has 1 fully saturated rings. The SMILES string of the molecule is NCCCCCCS(=O)(=O)[C@H]1O[C@H](CO)[C@@H](O)[C@H](O)[C@@H]1O. The van der Waals surface area contributed by atoms with E-state index in [1.807, 2.05) is 0 Å². The summed E-state index contributed by atoms with van der Waals surface area (Å²) in [5.74, 6) is -0.194. The highest BCUT2D eigenvalue weighted by molar-refractivity contribution is 7.91. The first kappa shape index (κ1) is 18.8. The van der Waals surface area contributed by atoms with E-state index in [9.17, 15) is 23.7 Å². The number of ether oxygens (including phenoxy) is 1. The predicted octanol–water partition coefficient (Wildman–Crippen LogP) is -2.28.